The SMILES string of the molecule is Cc1cn(C(C)C)c(Nc2cc(F)c(F)cc2F)n1. The molecule has 1 N–H and O–H groups in total. The fourth-order valence-electron chi connectivity index (χ4n) is 1.74. The van der Waals surface area contributed by atoms with Crippen LogP contribution >= 0.6 is 0 Å². The summed E-state index contributed by atoms with van der Waals surface area (Å²) in [7, 11) is 0. The molecule has 3 nitrogen and oxygen atoms in total. The van der Waals surface area contributed by atoms with Gasteiger partial charge in [-0.1, -0.05) is 0 Å². The summed E-state index contributed by atoms with van der Waals surface area (Å²) in [5, 5.41) is 2.68. The number of halogens is 3. The number of hydrogen-bond acceptors (Lipinski definition) is 2. The molecule has 0 saturated carbocycles. The molecule has 2 aromatic rings. The molecule has 0 aliphatic carbocycles. The van der Waals surface area contributed by atoms with Crippen LogP contribution in [-0.4, -0.2) is 9.55 Å². The predicted octanol–water partition coefficient (Wildman–Crippen LogP) is 3.93. The van der Waals surface area contributed by atoms with Gasteiger partial charge in [-0.3, -0.25) is 0 Å². The normalized spacial score (nSPS) is 11.1. The first-order chi connectivity index (χ1) is 8.88. The smallest absolute Gasteiger partial charge is 0.207 e. The molecule has 2 rings (SSSR count). The van der Waals surface area contributed by atoms with E-state index in [0.717, 1.165) is 11.8 Å². The van der Waals surface area contributed by atoms with Crippen LogP contribution in [0.2, 0.25) is 0 Å². The molecular weight excluding hydrogens is 255 g/mol. The molecule has 0 saturated heterocycles. The topological polar surface area (TPSA) is 29.9 Å². The molecule has 0 bridgehead atoms. The highest BCUT2D eigenvalue weighted by molar-refractivity contribution is 5.55. The summed E-state index contributed by atoms with van der Waals surface area (Å²) in [6, 6.07) is 1.39. The molecule has 1 aromatic carbocycles. The Labute approximate surface area is 109 Å². The first-order valence-electron chi connectivity index (χ1n) is 5.85. The third kappa shape index (κ3) is 2.72. The molecule has 19 heavy (non-hydrogen) atoms. The zero-order chi connectivity index (χ0) is 14.2. The fraction of sp³-hybridized carbons (Fsp3) is 0.308. The number of aromatic nitrogens is 2. The largest absolute Gasteiger partial charge is 0.323 e. The van der Waals surface area contributed by atoms with Gasteiger partial charge >= 0.3 is 0 Å². The summed E-state index contributed by atoms with van der Waals surface area (Å²) < 4.78 is 41.3. The second-order valence-electron chi connectivity index (χ2n) is 4.58. The van der Waals surface area contributed by atoms with Crippen molar-refractivity contribution < 1.29 is 13.2 Å². The number of anilines is 2. The maximum Gasteiger partial charge on any atom is 0.207 e. The second-order valence-corrected chi connectivity index (χ2v) is 4.58. The van der Waals surface area contributed by atoms with Gasteiger partial charge in [-0.2, -0.15) is 0 Å². The van der Waals surface area contributed by atoms with Crippen LogP contribution in [0.1, 0.15) is 25.6 Å². The Kier molecular flexibility index (Phi) is 3.50. The van der Waals surface area contributed by atoms with E-state index < -0.39 is 17.5 Å². The van der Waals surface area contributed by atoms with E-state index in [9.17, 15) is 13.2 Å². The van der Waals surface area contributed by atoms with Gasteiger partial charge < -0.3 is 9.88 Å². The van der Waals surface area contributed by atoms with Crippen molar-refractivity contribution in [1.82, 2.24) is 9.55 Å². The average Bonchev–Trinajstić information content (AvgIpc) is 2.67. The Balaban J connectivity index is 2.39. The van der Waals surface area contributed by atoms with E-state index in [1.54, 1.807) is 17.7 Å². The van der Waals surface area contributed by atoms with Crippen LogP contribution < -0.4 is 5.32 Å². The molecule has 0 aliphatic heterocycles. The zero-order valence-electron chi connectivity index (χ0n) is 10.8. The van der Waals surface area contributed by atoms with Crippen LogP contribution in [0, 0.1) is 24.4 Å². The molecule has 0 fully saturated rings. The first-order valence-corrected chi connectivity index (χ1v) is 5.85. The van der Waals surface area contributed by atoms with Gasteiger partial charge in [0.1, 0.15) is 5.82 Å². The minimum Gasteiger partial charge on any atom is -0.323 e. The number of benzene rings is 1. The predicted molar refractivity (Wildman–Crippen MR) is 66.9 cm³/mol. The van der Waals surface area contributed by atoms with Crippen molar-refractivity contribution in [2.75, 3.05) is 5.32 Å². The minimum atomic E-state index is -1.22. The summed E-state index contributed by atoms with van der Waals surface area (Å²) in [5.41, 5.74) is 0.602. The zero-order valence-corrected chi connectivity index (χ0v) is 10.8. The third-order valence-electron chi connectivity index (χ3n) is 2.67. The van der Waals surface area contributed by atoms with Crippen LogP contribution in [0.15, 0.2) is 18.3 Å². The van der Waals surface area contributed by atoms with E-state index in [1.807, 2.05) is 13.8 Å². The lowest BCUT2D eigenvalue weighted by Gasteiger charge is -2.13. The molecule has 6 heteroatoms. The number of hydrogen-bond donors (Lipinski definition) is 1. The van der Waals surface area contributed by atoms with Gasteiger partial charge in [-0.25, -0.2) is 18.2 Å². The monoisotopic (exact) mass is 269 g/mol. The number of nitrogens with one attached hydrogen (secondary N) is 1. The molecule has 0 atom stereocenters. The second kappa shape index (κ2) is 4.95. The highest BCUT2D eigenvalue weighted by Crippen LogP contribution is 2.24. The Morgan fingerprint density at radius 3 is 2.37 bits per heavy atom. The lowest BCUT2D eigenvalue weighted by Crippen LogP contribution is -2.06. The van der Waals surface area contributed by atoms with E-state index in [1.165, 1.54) is 0 Å². The number of nitrogens with zero attached hydrogens (tertiary/aromatic N) is 2. The van der Waals surface area contributed by atoms with E-state index in [2.05, 4.69) is 10.3 Å². The fourth-order valence-corrected chi connectivity index (χ4v) is 1.74. The molecular formula is C13H14F3N3. The van der Waals surface area contributed by atoms with Crippen molar-refractivity contribution in [2.45, 2.75) is 26.8 Å². The van der Waals surface area contributed by atoms with Gasteiger partial charge in [0, 0.05) is 24.4 Å². The van der Waals surface area contributed by atoms with Crippen molar-refractivity contribution in [3.05, 3.63) is 41.5 Å². The van der Waals surface area contributed by atoms with Crippen molar-refractivity contribution in [1.29, 1.82) is 0 Å². The Morgan fingerprint density at radius 1 is 1.11 bits per heavy atom. The maximum absolute atomic E-state index is 13.5. The Morgan fingerprint density at radius 2 is 1.74 bits per heavy atom. The average molecular weight is 269 g/mol. The van der Waals surface area contributed by atoms with Crippen molar-refractivity contribution in [2.24, 2.45) is 0 Å². The summed E-state index contributed by atoms with van der Waals surface area (Å²) in [6.45, 7) is 5.67. The molecule has 0 aliphatic rings. The van der Waals surface area contributed by atoms with E-state index >= 15 is 0 Å². The van der Waals surface area contributed by atoms with Crippen molar-refractivity contribution in [3.8, 4) is 0 Å². The maximum atomic E-state index is 13.5. The van der Waals surface area contributed by atoms with Crippen LogP contribution in [0.5, 0.6) is 0 Å². The van der Waals surface area contributed by atoms with E-state index in [4.69, 9.17) is 0 Å². The van der Waals surface area contributed by atoms with Crippen LogP contribution in [0.25, 0.3) is 0 Å². The molecule has 102 valence electrons. The molecule has 0 radical (unpaired) electrons. The number of aryl methyl sites for hydroxylation is 1. The number of rotatable bonds is 3. The minimum absolute atomic E-state index is 0.108. The lowest BCUT2D eigenvalue weighted by molar-refractivity contribution is 0.496. The van der Waals surface area contributed by atoms with Crippen LogP contribution in [-0.2, 0) is 0 Å². The molecule has 0 unspecified atom stereocenters. The first kappa shape index (κ1) is 13.5. The van der Waals surface area contributed by atoms with Gasteiger partial charge in [0.15, 0.2) is 11.6 Å². The van der Waals surface area contributed by atoms with Gasteiger partial charge in [0.25, 0.3) is 0 Å². The van der Waals surface area contributed by atoms with Gasteiger partial charge in [-0.05, 0) is 20.8 Å². The lowest BCUT2D eigenvalue weighted by atomic mass is 10.3. The van der Waals surface area contributed by atoms with E-state index in [0.29, 0.717) is 12.0 Å². The standard InChI is InChI=1S/C13H14F3N3/c1-7(2)19-6-8(3)17-13(19)18-12-5-10(15)9(14)4-11(12)16/h4-7H,1-3H3,(H,17,18). The summed E-state index contributed by atoms with van der Waals surface area (Å²) in [4.78, 5) is 4.19. The van der Waals surface area contributed by atoms with Crippen LogP contribution in [0.3, 0.4) is 0 Å². The van der Waals surface area contributed by atoms with Crippen molar-refractivity contribution >= 4 is 11.6 Å². The highest BCUT2D eigenvalue weighted by Gasteiger charge is 2.14. The van der Waals surface area contributed by atoms with E-state index in [-0.39, 0.29) is 11.7 Å². The summed E-state index contributed by atoms with van der Waals surface area (Å²) >= 11 is 0. The van der Waals surface area contributed by atoms with Crippen LogP contribution in [0.4, 0.5) is 24.8 Å². The van der Waals surface area contributed by atoms with Gasteiger partial charge in [0.2, 0.25) is 5.95 Å². The highest BCUT2D eigenvalue weighted by atomic mass is 19.2. The van der Waals surface area contributed by atoms with Gasteiger partial charge in [-0.15, -0.1) is 0 Å². The van der Waals surface area contributed by atoms with Gasteiger partial charge in [0.05, 0.1) is 11.4 Å². The molecule has 1 aromatic heterocycles. The van der Waals surface area contributed by atoms with Crippen molar-refractivity contribution in [3.63, 3.8) is 0 Å². The molecule has 1 heterocycles. The third-order valence-corrected chi connectivity index (χ3v) is 2.67. The quantitative estimate of drug-likeness (QED) is 0.855. The molecule has 0 spiro atoms. The number of imidazole rings is 1. The summed E-state index contributed by atoms with van der Waals surface area (Å²) in [6.07, 6.45) is 1.80. The molecule has 0 amide bonds. The summed E-state index contributed by atoms with van der Waals surface area (Å²) in [5.74, 6) is -2.80. The Bertz CT molecular complexity index is 605. The Hall–Kier alpha value is -1.98.